The van der Waals surface area contributed by atoms with Gasteiger partial charge in [0.2, 0.25) is 4.38 Å². The van der Waals surface area contributed by atoms with Crippen molar-refractivity contribution < 1.29 is 29.5 Å². The van der Waals surface area contributed by atoms with Crippen LogP contribution >= 0.6 is 24.0 Å². The second kappa shape index (κ2) is 10.0. The molecule has 0 radical (unpaired) electrons. The number of hydrogen-bond donors (Lipinski definition) is 3. The molecular formula is C14H28O6S2. The van der Waals surface area contributed by atoms with Gasteiger partial charge in [-0.15, -0.1) is 0 Å². The number of thioether (sulfide) groups is 1. The predicted octanol–water partition coefficient (Wildman–Crippen LogP) is 1.65. The zero-order valence-corrected chi connectivity index (χ0v) is 15.5. The third-order valence-corrected chi connectivity index (χ3v) is 3.45. The molecule has 1 saturated heterocycles. The summed E-state index contributed by atoms with van der Waals surface area (Å²) in [5, 5.41) is 25.6. The van der Waals surface area contributed by atoms with Crippen LogP contribution < -0.4 is 0 Å². The van der Waals surface area contributed by atoms with Gasteiger partial charge in [0.1, 0.15) is 6.10 Å². The maximum atomic E-state index is 9.42. The zero-order chi connectivity index (χ0) is 17.4. The van der Waals surface area contributed by atoms with Crippen LogP contribution in [0.5, 0.6) is 0 Å². The Morgan fingerprint density at radius 2 is 1.82 bits per heavy atom. The van der Waals surface area contributed by atoms with Gasteiger partial charge in [-0.05, 0) is 46.2 Å². The van der Waals surface area contributed by atoms with Gasteiger partial charge in [0.15, 0.2) is 11.6 Å². The first kappa shape index (κ1) is 22.0. The minimum atomic E-state index is -1.50. The van der Waals surface area contributed by atoms with Crippen molar-refractivity contribution in [1.82, 2.24) is 0 Å². The summed E-state index contributed by atoms with van der Waals surface area (Å²) < 4.78 is 17.0. The molecule has 132 valence electrons. The first-order chi connectivity index (χ1) is 9.92. The molecule has 1 heterocycles. The van der Waals surface area contributed by atoms with E-state index in [1.165, 1.54) is 25.6 Å². The molecule has 2 unspecified atom stereocenters. The number of ether oxygens (including phenoxy) is 3. The fraction of sp³-hybridized carbons (Fsp3) is 0.929. The van der Waals surface area contributed by atoms with Crippen LogP contribution in [0.15, 0.2) is 0 Å². The Bertz CT molecular complexity index is 318. The number of hydrogen-bond acceptors (Lipinski definition) is 8. The van der Waals surface area contributed by atoms with E-state index in [0.717, 1.165) is 6.42 Å². The van der Waals surface area contributed by atoms with Crippen LogP contribution in [0.4, 0.5) is 0 Å². The second-order valence-corrected chi connectivity index (χ2v) is 7.29. The lowest BCUT2D eigenvalue weighted by atomic mass is 10.1. The zero-order valence-electron chi connectivity index (χ0n) is 13.9. The first-order valence-corrected chi connectivity index (χ1v) is 8.73. The van der Waals surface area contributed by atoms with E-state index in [1.807, 2.05) is 6.26 Å². The predicted molar refractivity (Wildman–Crippen MR) is 90.7 cm³/mol. The Labute approximate surface area is 142 Å². The lowest BCUT2D eigenvalue weighted by molar-refractivity contribution is -0.180. The number of rotatable bonds is 5. The summed E-state index contributed by atoms with van der Waals surface area (Å²) >= 11 is 6.45. The molecule has 3 N–H and O–H groups in total. The molecule has 1 aliphatic heterocycles. The summed E-state index contributed by atoms with van der Waals surface area (Å²) in [4.78, 5) is 0. The lowest BCUT2D eigenvalue weighted by Gasteiger charge is -2.22. The molecule has 0 saturated carbocycles. The molecule has 2 atom stereocenters. The highest BCUT2D eigenvalue weighted by atomic mass is 32.2. The summed E-state index contributed by atoms with van der Waals surface area (Å²) in [6.07, 6.45) is 3.46. The Balaban J connectivity index is 0.000000763. The molecule has 0 aromatic heterocycles. The van der Waals surface area contributed by atoms with Gasteiger partial charge in [0.05, 0.1) is 19.3 Å². The Morgan fingerprint density at radius 3 is 2.27 bits per heavy atom. The molecule has 0 aromatic carbocycles. The van der Waals surface area contributed by atoms with Crippen molar-refractivity contribution in [2.45, 2.75) is 64.3 Å². The molecule has 1 fully saturated rings. The van der Waals surface area contributed by atoms with Gasteiger partial charge in [-0.2, -0.15) is 0 Å². The van der Waals surface area contributed by atoms with Crippen LogP contribution in [0.1, 0.15) is 40.5 Å². The maximum Gasteiger partial charge on any atom is 0.220 e. The average Bonchev–Trinajstić information content (AvgIpc) is 2.72. The monoisotopic (exact) mass is 356 g/mol. The summed E-state index contributed by atoms with van der Waals surface area (Å²) in [7, 11) is 0. The minimum absolute atomic E-state index is 0.00227. The van der Waals surface area contributed by atoms with Crippen LogP contribution in [0.3, 0.4) is 0 Å². The average molecular weight is 357 g/mol. The van der Waals surface area contributed by atoms with E-state index >= 15 is 0 Å². The molecular weight excluding hydrogens is 328 g/mol. The largest absolute Gasteiger partial charge is 0.472 e. The molecule has 6 nitrogen and oxygen atoms in total. The van der Waals surface area contributed by atoms with Crippen molar-refractivity contribution in [3.63, 3.8) is 0 Å². The molecule has 0 bridgehead atoms. The van der Waals surface area contributed by atoms with Gasteiger partial charge in [-0.1, -0.05) is 11.8 Å². The van der Waals surface area contributed by atoms with Crippen molar-refractivity contribution in [3.8, 4) is 0 Å². The Morgan fingerprint density at radius 1 is 1.27 bits per heavy atom. The number of thiocarbonyl (C=S) groups is 1. The van der Waals surface area contributed by atoms with Crippen molar-refractivity contribution >= 4 is 28.4 Å². The third kappa shape index (κ3) is 13.7. The lowest BCUT2D eigenvalue weighted by Crippen LogP contribution is -2.30. The normalized spacial score (nSPS) is 22.0. The first-order valence-electron chi connectivity index (χ1n) is 7.09. The van der Waals surface area contributed by atoms with Crippen LogP contribution in [0.25, 0.3) is 0 Å². The molecule has 0 aromatic rings. The third-order valence-electron chi connectivity index (χ3n) is 2.42. The van der Waals surface area contributed by atoms with E-state index in [0.29, 0.717) is 24.0 Å². The van der Waals surface area contributed by atoms with Gasteiger partial charge in [-0.25, -0.2) is 0 Å². The fourth-order valence-electron chi connectivity index (χ4n) is 1.63. The molecule has 22 heavy (non-hydrogen) atoms. The topological polar surface area (TPSA) is 88.4 Å². The van der Waals surface area contributed by atoms with Crippen molar-refractivity contribution in [2.75, 3.05) is 19.5 Å². The van der Waals surface area contributed by atoms with Gasteiger partial charge in [0, 0.05) is 12.8 Å². The van der Waals surface area contributed by atoms with Crippen molar-refractivity contribution in [1.29, 1.82) is 0 Å². The minimum Gasteiger partial charge on any atom is -0.472 e. The summed E-state index contributed by atoms with van der Waals surface area (Å²) in [6.45, 7) is 6.95. The van der Waals surface area contributed by atoms with E-state index < -0.39 is 11.6 Å². The quantitative estimate of drug-likeness (QED) is 0.506. The van der Waals surface area contributed by atoms with Crippen LogP contribution in [0, 0.1) is 0 Å². The molecule has 0 amide bonds. The van der Waals surface area contributed by atoms with E-state index in [1.54, 1.807) is 13.8 Å². The van der Waals surface area contributed by atoms with Gasteiger partial charge < -0.3 is 29.5 Å². The van der Waals surface area contributed by atoms with E-state index in [2.05, 4.69) is 0 Å². The molecule has 0 spiro atoms. The Kier molecular flexibility index (Phi) is 10.0. The van der Waals surface area contributed by atoms with Crippen LogP contribution in [-0.2, 0) is 14.2 Å². The van der Waals surface area contributed by atoms with Gasteiger partial charge in [0.25, 0.3) is 0 Å². The molecule has 8 heteroatoms. The van der Waals surface area contributed by atoms with Gasteiger partial charge >= 0.3 is 0 Å². The second-order valence-electron chi connectivity index (χ2n) is 5.89. The van der Waals surface area contributed by atoms with E-state index in [9.17, 15) is 5.11 Å². The summed E-state index contributed by atoms with van der Waals surface area (Å²) in [5.41, 5.74) is 0. The van der Waals surface area contributed by atoms with Crippen molar-refractivity contribution in [2.24, 2.45) is 0 Å². The highest BCUT2D eigenvalue weighted by Gasteiger charge is 2.30. The highest BCUT2D eigenvalue weighted by Crippen LogP contribution is 2.22. The smallest absolute Gasteiger partial charge is 0.220 e. The van der Waals surface area contributed by atoms with Crippen LogP contribution in [-0.4, -0.2) is 63.0 Å². The standard InChI is InChI=1S/C11H20O4S2.C3H8O2/c1-11(2,12)14-7-5-8-9(4-6-13-8)15-10(16)17-3;1-3(2,4)5/h8-9,12H,4-7H2,1-3H3;4-5H,1-2H3. The van der Waals surface area contributed by atoms with E-state index in [-0.39, 0.29) is 12.2 Å². The van der Waals surface area contributed by atoms with Crippen LogP contribution in [0.2, 0.25) is 0 Å². The Hall–Kier alpha value is 0.0400. The highest BCUT2D eigenvalue weighted by molar-refractivity contribution is 8.22. The van der Waals surface area contributed by atoms with E-state index in [4.69, 9.17) is 36.6 Å². The van der Waals surface area contributed by atoms with Crippen molar-refractivity contribution in [3.05, 3.63) is 0 Å². The SMILES string of the molecule is CC(C)(O)O.CSC(=S)OC1CCOC1CCOC(C)(C)O. The molecule has 1 rings (SSSR count). The summed E-state index contributed by atoms with van der Waals surface area (Å²) in [5.74, 6) is -2.59. The molecule has 1 aliphatic rings. The fourth-order valence-corrected chi connectivity index (χ4v) is 1.97. The summed E-state index contributed by atoms with van der Waals surface area (Å²) in [6, 6.07) is 0. The number of aliphatic hydroxyl groups is 3. The van der Waals surface area contributed by atoms with Gasteiger partial charge in [-0.3, -0.25) is 0 Å². The maximum absolute atomic E-state index is 9.42. The molecule has 0 aliphatic carbocycles.